The van der Waals surface area contributed by atoms with E-state index < -0.39 is 0 Å². The Bertz CT molecular complexity index is 382. The standard InChI is InChI=1S/C17H28N2O/c1-4-16-13-19(11-12-20-16)14(3)17(18-5-2)15-9-7-6-8-10-15/h6-10,14,16-18H,4-5,11-13H2,1-3H3. The van der Waals surface area contributed by atoms with E-state index in [1.807, 2.05) is 0 Å². The molecule has 1 aromatic rings. The van der Waals surface area contributed by atoms with Crippen LogP contribution >= 0.6 is 0 Å². The van der Waals surface area contributed by atoms with Crippen molar-refractivity contribution in [3.8, 4) is 0 Å². The van der Waals surface area contributed by atoms with Crippen LogP contribution in [0.15, 0.2) is 30.3 Å². The monoisotopic (exact) mass is 276 g/mol. The number of likely N-dealkylation sites (N-methyl/N-ethyl adjacent to an activating group) is 1. The highest BCUT2D eigenvalue weighted by Gasteiger charge is 2.28. The van der Waals surface area contributed by atoms with Crippen LogP contribution in [-0.4, -0.2) is 43.3 Å². The normalized spacial score (nSPS) is 23.4. The number of benzene rings is 1. The van der Waals surface area contributed by atoms with Gasteiger partial charge in [-0.25, -0.2) is 0 Å². The summed E-state index contributed by atoms with van der Waals surface area (Å²) in [5, 5.41) is 3.65. The zero-order valence-electron chi connectivity index (χ0n) is 13.0. The van der Waals surface area contributed by atoms with Crippen LogP contribution in [0.5, 0.6) is 0 Å². The van der Waals surface area contributed by atoms with Crippen LogP contribution in [0.3, 0.4) is 0 Å². The van der Waals surface area contributed by atoms with E-state index in [9.17, 15) is 0 Å². The van der Waals surface area contributed by atoms with Crippen LogP contribution in [0.2, 0.25) is 0 Å². The second-order valence-electron chi connectivity index (χ2n) is 5.58. The van der Waals surface area contributed by atoms with Crippen LogP contribution in [0, 0.1) is 0 Å². The Morgan fingerprint density at radius 3 is 2.70 bits per heavy atom. The molecule has 0 radical (unpaired) electrons. The third kappa shape index (κ3) is 3.81. The molecule has 1 aliphatic heterocycles. The van der Waals surface area contributed by atoms with Crippen LogP contribution in [0.25, 0.3) is 0 Å². The van der Waals surface area contributed by atoms with E-state index in [0.717, 1.165) is 32.7 Å². The van der Waals surface area contributed by atoms with Crippen molar-refractivity contribution >= 4 is 0 Å². The summed E-state index contributed by atoms with van der Waals surface area (Å²) in [7, 11) is 0. The molecule has 0 aromatic heterocycles. The van der Waals surface area contributed by atoms with Crippen LogP contribution < -0.4 is 5.32 Å². The largest absolute Gasteiger partial charge is 0.376 e. The summed E-state index contributed by atoms with van der Waals surface area (Å²) in [6.07, 6.45) is 1.49. The molecular formula is C17H28N2O. The van der Waals surface area contributed by atoms with Gasteiger partial charge in [-0.2, -0.15) is 0 Å². The van der Waals surface area contributed by atoms with E-state index in [1.165, 1.54) is 5.56 Å². The van der Waals surface area contributed by atoms with Gasteiger partial charge in [0.2, 0.25) is 0 Å². The summed E-state index contributed by atoms with van der Waals surface area (Å²) >= 11 is 0. The molecule has 1 heterocycles. The first-order valence-electron chi connectivity index (χ1n) is 7.90. The molecule has 3 heteroatoms. The maximum absolute atomic E-state index is 5.79. The molecule has 1 aromatic carbocycles. The number of hydrogen-bond acceptors (Lipinski definition) is 3. The molecule has 20 heavy (non-hydrogen) atoms. The third-order valence-corrected chi connectivity index (χ3v) is 4.27. The lowest BCUT2D eigenvalue weighted by Crippen LogP contribution is -2.50. The Hall–Kier alpha value is -0.900. The molecule has 0 bridgehead atoms. The lowest BCUT2D eigenvalue weighted by molar-refractivity contribution is -0.0469. The molecule has 1 saturated heterocycles. The number of nitrogens with zero attached hydrogens (tertiary/aromatic N) is 1. The molecule has 0 saturated carbocycles. The minimum atomic E-state index is 0.386. The van der Waals surface area contributed by atoms with Crippen molar-refractivity contribution in [3.05, 3.63) is 35.9 Å². The molecule has 0 spiro atoms. The van der Waals surface area contributed by atoms with E-state index in [2.05, 4.69) is 61.3 Å². The highest BCUT2D eigenvalue weighted by molar-refractivity contribution is 5.20. The lowest BCUT2D eigenvalue weighted by Gasteiger charge is -2.40. The first kappa shape index (κ1) is 15.5. The van der Waals surface area contributed by atoms with Gasteiger partial charge < -0.3 is 10.1 Å². The van der Waals surface area contributed by atoms with Crippen molar-refractivity contribution in [2.24, 2.45) is 0 Å². The zero-order chi connectivity index (χ0) is 14.4. The topological polar surface area (TPSA) is 24.5 Å². The van der Waals surface area contributed by atoms with Gasteiger partial charge in [0.05, 0.1) is 12.7 Å². The second kappa shape index (κ2) is 7.77. The smallest absolute Gasteiger partial charge is 0.0700 e. The van der Waals surface area contributed by atoms with E-state index in [1.54, 1.807) is 0 Å². The van der Waals surface area contributed by atoms with Crippen LogP contribution in [0.4, 0.5) is 0 Å². The highest BCUT2D eigenvalue weighted by atomic mass is 16.5. The van der Waals surface area contributed by atoms with Gasteiger partial charge in [0, 0.05) is 25.2 Å². The molecule has 0 amide bonds. The third-order valence-electron chi connectivity index (χ3n) is 4.27. The fourth-order valence-electron chi connectivity index (χ4n) is 3.02. The molecular weight excluding hydrogens is 248 g/mol. The quantitative estimate of drug-likeness (QED) is 0.864. The summed E-state index contributed by atoms with van der Waals surface area (Å²) in [6, 6.07) is 11.6. The SMILES string of the molecule is CCNC(c1ccccc1)C(C)N1CCOC(CC)C1. The summed E-state index contributed by atoms with van der Waals surface area (Å²) in [4.78, 5) is 2.57. The summed E-state index contributed by atoms with van der Waals surface area (Å²) in [5.74, 6) is 0. The predicted molar refractivity (Wildman–Crippen MR) is 83.9 cm³/mol. The van der Waals surface area contributed by atoms with Crippen molar-refractivity contribution in [1.29, 1.82) is 0 Å². The number of ether oxygens (including phenoxy) is 1. The highest BCUT2D eigenvalue weighted by Crippen LogP contribution is 2.23. The zero-order valence-corrected chi connectivity index (χ0v) is 13.0. The van der Waals surface area contributed by atoms with Gasteiger partial charge in [-0.1, -0.05) is 44.2 Å². The molecule has 1 aliphatic rings. The molecule has 1 fully saturated rings. The molecule has 0 aliphatic carbocycles. The summed E-state index contributed by atoms with van der Waals surface area (Å²) < 4.78 is 5.79. The second-order valence-corrected chi connectivity index (χ2v) is 5.58. The molecule has 3 unspecified atom stereocenters. The Morgan fingerprint density at radius 1 is 1.30 bits per heavy atom. The van der Waals surface area contributed by atoms with E-state index in [4.69, 9.17) is 4.74 Å². The van der Waals surface area contributed by atoms with E-state index >= 15 is 0 Å². The number of morpholine rings is 1. The van der Waals surface area contributed by atoms with Crippen molar-refractivity contribution < 1.29 is 4.74 Å². The Morgan fingerprint density at radius 2 is 2.05 bits per heavy atom. The van der Waals surface area contributed by atoms with Gasteiger partial charge in [-0.15, -0.1) is 0 Å². The fourth-order valence-corrected chi connectivity index (χ4v) is 3.02. The first-order valence-corrected chi connectivity index (χ1v) is 7.90. The maximum atomic E-state index is 5.79. The van der Waals surface area contributed by atoms with Crippen molar-refractivity contribution in [2.75, 3.05) is 26.2 Å². The summed E-state index contributed by atoms with van der Waals surface area (Å²) in [5.41, 5.74) is 1.38. The number of rotatable bonds is 6. The van der Waals surface area contributed by atoms with Gasteiger partial charge in [0.25, 0.3) is 0 Å². The van der Waals surface area contributed by atoms with Gasteiger partial charge in [-0.3, -0.25) is 4.90 Å². The fraction of sp³-hybridized carbons (Fsp3) is 0.647. The molecule has 112 valence electrons. The maximum Gasteiger partial charge on any atom is 0.0700 e. The molecule has 2 rings (SSSR count). The Balaban J connectivity index is 2.08. The minimum Gasteiger partial charge on any atom is -0.376 e. The average molecular weight is 276 g/mol. The Kier molecular flexibility index (Phi) is 6.02. The summed E-state index contributed by atoms with van der Waals surface area (Å²) in [6.45, 7) is 10.6. The average Bonchev–Trinajstić information content (AvgIpc) is 2.53. The number of hydrogen-bond donors (Lipinski definition) is 1. The van der Waals surface area contributed by atoms with E-state index in [0.29, 0.717) is 18.2 Å². The van der Waals surface area contributed by atoms with Gasteiger partial charge >= 0.3 is 0 Å². The Labute approximate surface area is 123 Å². The lowest BCUT2D eigenvalue weighted by atomic mass is 9.98. The minimum absolute atomic E-state index is 0.386. The molecule has 1 N–H and O–H groups in total. The van der Waals surface area contributed by atoms with Crippen molar-refractivity contribution in [2.45, 2.75) is 45.4 Å². The van der Waals surface area contributed by atoms with Crippen LogP contribution in [-0.2, 0) is 4.74 Å². The number of nitrogens with one attached hydrogen (secondary N) is 1. The van der Waals surface area contributed by atoms with Gasteiger partial charge in [0.1, 0.15) is 0 Å². The van der Waals surface area contributed by atoms with E-state index in [-0.39, 0.29) is 0 Å². The molecule has 3 atom stereocenters. The molecule has 3 nitrogen and oxygen atoms in total. The first-order chi connectivity index (χ1) is 9.76. The van der Waals surface area contributed by atoms with Crippen LogP contribution in [0.1, 0.15) is 38.8 Å². The predicted octanol–water partition coefficient (Wildman–Crippen LogP) is 2.84. The van der Waals surface area contributed by atoms with Crippen molar-refractivity contribution in [1.82, 2.24) is 10.2 Å². The van der Waals surface area contributed by atoms with Crippen molar-refractivity contribution in [3.63, 3.8) is 0 Å². The van der Waals surface area contributed by atoms with Gasteiger partial charge in [-0.05, 0) is 25.5 Å². The van der Waals surface area contributed by atoms with Gasteiger partial charge in [0.15, 0.2) is 0 Å².